The van der Waals surface area contributed by atoms with E-state index in [4.69, 9.17) is 27.9 Å². The van der Waals surface area contributed by atoms with Gasteiger partial charge in [-0.05, 0) is 49.4 Å². The number of anilines is 1. The van der Waals surface area contributed by atoms with Crippen molar-refractivity contribution in [3.63, 3.8) is 0 Å². The third-order valence-corrected chi connectivity index (χ3v) is 6.38. The number of ether oxygens (including phenoxy) is 1. The maximum atomic E-state index is 14.1. The Balaban J connectivity index is 1.54. The first-order valence-corrected chi connectivity index (χ1v) is 12.0. The van der Waals surface area contributed by atoms with Crippen molar-refractivity contribution in [1.82, 2.24) is 14.8 Å². The monoisotopic (exact) mass is 516 g/mol. The fraction of sp³-hybridized carbons (Fsp3) is 0.125. The van der Waals surface area contributed by atoms with E-state index in [-0.39, 0.29) is 17.4 Å². The zero-order valence-electron chi connectivity index (χ0n) is 17.9. The molecule has 0 radical (unpaired) electrons. The lowest BCUT2D eigenvalue weighted by Gasteiger charge is -2.17. The summed E-state index contributed by atoms with van der Waals surface area (Å²) in [4.78, 5) is 12.5. The molecule has 1 aromatic heterocycles. The third kappa shape index (κ3) is 5.70. The quantitative estimate of drug-likeness (QED) is 0.267. The lowest BCUT2D eigenvalue weighted by Crippen LogP contribution is -2.15. The molecule has 0 spiro atoms. The number of aromatic nitrogens is 3. The summed E-state index contributed by atoms with van der Waals surface area (Å²) >= 11 is 13.2. The lowest BCUT2D eigenvalue weighted by atomic mass is 10.3. The van der Waals surface area contributed by atoms with Crippen LogP contribution in [-0.4, -0.2) is 26.4 Å². The molecule has 1 amide bonds. The van der Waals surface area contributed by atoms with E-state index in [0.29, 0.717) is 26.7 Å². The molecule has 10 heteroatoms. The summed E-state index contributed by atoms with van der Waals surface area (Å²) in [5.74, 6) is -0.0418. The van der Waals surface area contributed by atoms with E-state index in [9.17, 15) is 9.18 Å². The van der Waals surface area contributed by atoms with Crippen LogP contribution < -0.4 is 10.1 Å². The number of para-hydroxylation sites is 2. The molecule has 0 aliphatic heterocycles. The summed E-state index contributed by atoms with van der Waals surface area (Å²) in [7, 11) is 0. The van der Waals surface area contributed by atoms with Crippen LogP contribution >= 0.6 is 35.0 Å². The Kier molecular flexibility index (Phi) is 7.72. The van der Waals surface area contributed by atoms with Crippen molar-refractivity contribution in [2.75, 3.05) is 11.1 Å². The normalized spacial score (nSPS) is 11.8. The van der Waals surface area contributed by atoms with Crippen molar-refractivity contribution in [2.45, 2.75) is 18.2 Å². The highest BCUT2D eigenvalue weighted by Crippen LogP contribution is 2.29. The van der Waals surface area contributed by atoms with Gasteiger partial charge in [0.1, 0.15) is 0 Å². The number of nitrogens with one attached hydrogen (secondary N) is 1. The molecule has 0 aliphatic rings. The minimum Gasteiger partial charge on any atom is -0.480 e. The second-order valence-corrected chi connectivity index (χ2v) is 8.92. The first-order valence-electron chi connectivity index (χ1n) is 10.2. The molecule has 4 rings (SSSR count). The highest BCUT2D eigenvalue weighted by molar-refractivity contribution is 7.99. The van der Waals surface area contributed by atoms with Crippen LogP contribution in [0.4, 0.5) is 10.1 Å². The molecule has 174 valence electrons. The van der Waals surface area contributed by atoms with Crippen LogP contribution in [0, 0.1) is 5.82 Å². The lowest BCUT2D eigenvalue weighted by molar-refractivity contribution is -0.113. The Morgan fingerprint density at radius 2 is 1.79 bits per heavy atom. The Labute approximate surface area is 210 Å². The standard InChI is InChI=1S/C24H19Cl2FN4O2S/c1-15(33-21-10-6-5-9-20(21)27)23-29-30-24(31(23)17-7-3-2-4-8-17)34-14-22(32)28-16-11-12-18(25)19(26)13-16/h2-13,15H,14H2,1H3,(H,28,32). The maximum absolute atomic E-state index is 14.1. The van der Waals surface area contributed by atoms with Crippen molar-refractivity contribution in [3.8, 4) is 11.4 Å². The molecule has 1 unspecified atom stereocenters. The predicted molar refractivity (Wildman–Crippen MR) is 133 cm³/mol. The molecule has 0 fully saturated rings. The topological polar surface area (TPSA) is 69.0 Å². The van der Waals surface area contributed by atoms with Crippen LogP contribution in [0.2, 0.25) is 10.0 Å². The largest absolute Gasteiger partial charge is 0.480 e. The van der Waals surface area contributed by atoms with Gasteiger partial charge in [-0.2, -0.15) is 0 Å². The highest BCUT2D eigenvalue weighted by Gasteiger charge is 2.22. The number of rotatable bonds is 8. The van der Waals surface area contributed by atoms with Gasteiger partial charge in [0, 0.05) is 11.4 Å². The van der Waals surface area contributed by atoms with Gasteiger partial charge in [-0.1, -0.05) is 65.3 Å². The van der Waals surface area contributed by atoms with Gasteiger partial charge in [0.05, 0.1) is 15.8 Å². The zero-order chi connectivity index (χ0) is 24.1. The molecule has 0 saturated carbocycles. The average molecular weight is 517 g/mol. The van der Waals surface area contributed by atoms with E-state index in [1.54, 1.807) is 47.9 Å². The molecule has 4 aromatic rings. The van der Waals surface area contributed by atoms with Gasteiger partial charge < -0.3 is 10.1 Å². The molecule has 1 atom stereocenters. The van der Waals surface area contributed by atoms with Gasteiger partial charge in [-0.3, -0.25) is 9.36 Å². The van der Waals surface area contributed by atoms with Crippen molar-refractivity contribution in [2.24, 2.45) is 0 Å². The molecular weight excluding hydrogens is 498 g/mol. The Morgan fingerprint density at radius 1 is 1.06 bits per heavy atom. The van der Waals surface area contributed by atoms with Crippen molar-refractivity contribution in [3.05, 3.63) is 94.5 Å². The van der Waals surface area contributed by atoms with Crippen LogP contribution in [0.1, 0.15) is 18.9 Å². The summed E-state index contributed by atoms with van der Waals surface area (Å²) in [6.45, 7) is 1.77. The molecule has 1 heterocycles. The van der Waals surface area contributed by atoms with Crippen LogP contribution in [0.25, 0.3) is 5.69 Å². The third-order valence-electron chi connectivity index (χ3n) is 4.71. The maximum Gasteiger partial charge on any atom is 0.234 e. The van der Waals surface area contributed by atoms with Crippen molar-refractivity contribution in [1.29, 1.82) is 0 Å². The van der Waals surface area contributed by atoms with Gasteiger partial charge in [0.25, 0.3) is 0 Å². The summed E-state index contributed by atoms with van der Waals surface area (Å²) in [5.41, 5.74) is 1.33. The molecule has 6 nitrogen and oxygen atoms in total. The molecule has 0 bridgehead atoms. The Bertz CT molecular complexity index is 1300. The Hall–Kier alpha value is -3.07. The molecule has 0 saturated heterocycles. The number of nitrogens with zero attached hydrogens (tertiary/aromatic N) is 3. The van der Waals surface area contributed by atoms with Crippen LogP contribution in [-0.2, 0) is 4.79 Å². The van der Waals surface area contributed by atoms with Crippen LogP contribution in [0.15, 0.2) is 78.0 Å². The Morgan fingerprint density at radius 3 is 2.53 bits per heavy atom. The number of carbonyl (C=O) groups excluding carboxylic acids is 1. The second kappa shape index (κ2) is 10.9. The number of benzene rings is 3. The number of amides is 1. The van der Waals surface area contributed by atoms with Crippen molar-refractivity contribution >= 4 is 46.6 Å². The molecule has 1 N–H and O–H groups in total. The fourth-order valence-electron chi connectivity index (χ4n) is 3.14. The predicted octanol–water partition coefficient (Wildman–Crippen LogP) is 6.58. The zero-order valence-corrected chi connectivity index (χ0v) is 20.2. The number of thioether (sulfide) groups is 1. The minimum absolute atomic E-state index is 0.0771. The van der Waals surface area contributed by atoms with E-state index in [1.807, 2.05) is 30.3 Å². The van der Waals surface area contributed by atoms with Crippen LogP contribution in [0.5, 0.6) is 5.75 Å². The summed E-state index contributed by atoms with van der Waals surface area (Å²) in [5, 5.41) is 12.6. The van der Waals surface area contributed by atoms with Gasteiger partial charge >= 0.3 is 0 Å². The van der Waals surface area contributed by atoms with Crippen LogP contribution in [0.3, 0.4) is 0 Å². The van der Waals surface area contributed by atoms with Crippen molar-refractivity contribution < 1.29 is 13.9 Å². The molecule has 0 aliphatic carbocycles. The number of hydrogen-bond acceptors (Lipinski definition) is 5. The van der Waals surface area contributed by atoms with E-state index in [2.05, 4.69) is 15.5 Å². The van der Waals surface area contributed by atoms with Gasteiger partial charge in [-0.15, -0.1) is 10.2 Å². The van der Waals surface area contributed by atoms with E-state index < -0.39 is 11.9 Å². The summed E-state index contributed by atoms with van der Waals surface area (Å²) < 4.78 is 21.7. The number of hydrogen-bond donors (Lipinski definition) is 1. The molecular formula is C24H19Cl2FN4O2S. The molecule has 3 aromatic carbocycles. The first kappa shape index (κ1) is 24.1. The van der Waals surface area contributed by atoms with Gasteiger partial charge in [0.15, 0.2) is 28.7 Å². The van der Waals surface area contributed by atoms with Gasteiger partial charge in [0.2, 0.25) is 5.91 Å². The smallest absolute Gasteiger partial charge is 0.234 e. The minimum atomic E-state index is -0.607. The van der Waals surface area contributed by atoms with E-state index in [0.717, 1.165) is 5.69 Å². The van der Waals surface area contributed by atoms with E-state index in [1.165, 1.54) is 17.8 Å². The average Bonchev–Trinajstić information content (AvgIpc) is 3.26. The molecule has 34 heavy (non-hydrogen) atoms. The number of halogens is 3. The van der Waals surface area contributed by atoms with Gasteiger partial charge in [-0.25, -0.2) is 4.39 Å². The summed E-state index contributed by atoms with van der Waals surface area (Å²) in [6.07, 6.45) is -0.607. The first-order chi connectivity index (χ1) is 16.4. The second-order valence-electron chi connectivity index (χ2n) is 7.17. The highest BCUT2D eigenvalue weighted by atomic mass is 35.5. The number of carbonyl (C=O) groups is 1. The SMILES string of the molecule is CC(Oc1ccccc1F)c1nnc(SCC(=O)Nc2ccc(Cl)c(Cl)c2)n1-c1ccccc1. The fourth-order valence-corrected chi connectivity index (χ4v) is 4.20. The summed E-state index contributed by atoms with van der Waals surface area (Å²) in [6, 6.07) is 20.5. The van der Waals surface area contributed by atoms with E-state index >= 15 is 0 Å².